The fourth-order valence-corrected chi connectivity index (χ4v) is 1.48. The molecule has 0 saturated heterocycles. The standard InChI is InChI=1S/C15H33NO/c1-9-10-16(8)15(6,7)12-17-11-14(4,5)13(2)3/h13H,9-12H2,1-8H3. The molecule has 0 aromatic rings. The fraction of sp³-hybridized carbons (Fsp3) is 1.00. The summed E-state index contributed by atoms with van der Waals surface area (Å²) < 4.78 is 5.95. The van der Waals surface area contributed by atoms with Crippen LogP contribution in [0.25, 0.3) is 0 Å². The summed E-state index contributed by atoms with van der Waals surface area (Å²) in [5.41, 5.74) is 0.391. The van der Waals surface area contributed by atoms with Crippen LogP contribution >= 0.6 is 0 Å². The number of hydrogen-bond acceptors (Lipinski definition) is 2. The predicted octanol–water partition coefficient (Wildman–Crippen LogP) is 3.81. The monoisotopic (exact) mass is 243 g/mol. The molecule has 0 N–H and O–H groups in total. The molecule has 0 fully saturated rings. The van der Waals surface area contributed by atoms with Crippen molar-refractivity contribution in [2.45, 2.75) is 60.4 Å². The van der Waals surface area contributed by atoms with Crippen LogP contribution in [0.1, 0.15) is 54.9 Å². The van der Waals surface area contributed by atoms with E-state index in [0.717, 1.165) is 19.8 Å². The van der Waals surface area contributed by atoms with Gasteiger partial charge in [0.05, 0.1) is 13.2 Å². The van der Waals surface area contributed by atoms with E-state index in [1.165, 1.54) is 6.42 Å². The summed E-state index contributed by atoms with van der Waals surface area (Å²) in [4.78, 5) is 2.38. The normalized spacial score (nSPS) is 13.8. The van der Waals surface area contributed by atoms with Gasteiger partial charge in [0.15, 0.2) is 0 Å². The third-order valence-corrected chi connectivity index (χ3v) is 4.08. The van der Waals surface area contributed by atoms with Gasteiger partial charge in [-0.25, -0.2) is 0 Å². The Morgan fingerprint density at radius 2 is 1.59 bits per heavy atom. The summed E-state index contributed by atoms with van der Waals surface area (Å²) in [6.07, 6.45) is 1.19. The predicted molar refractivity (Wildman–Crippen MR) is 76.4 cm³/mol. The van der Waals surface area contributed by atoms with Crippen molar-refractivity contribution >= 4 is 0 Å². The molecule has 0 amide bonds. The number of rotatable bonds is 8. The molecule has 0 spiro atoms. The van der Waals surface area contributed by atoms with Gasteiger partial charge in [-0.1, -0.05) is 34.6 Å². The topological polar surface area (TPSA) is 12.5 Å². The van der Waals surface area contributed by atoms with E-state index in [-0.39, 0.29) is 11.0 Å². The lowest BCUT2D eigenvalue weighted by atomic mass is 9.82. The second-order valence-corrected chi connectivity index (χ2v) is 6.87. The maximum absolute atomic E-state index is 5.95. The number of likely N-dealkylation sites (N-methyl/N-ethyl adjacent to an activating group) is 1. The molecule has 0 rings (SSSR count). The van der Waals surface area contributed by atoms with Crippen LogP contribution in [0.2, 0.25) is 0 Å². The third-order valence-electron chi connectivity index (χ3n) is 4.08. The molecule has 0 aromatic carbocycles. The van der Waals surface area contributed by atoms with Crippen molar-refractivity contribution in [1.29, 1.82) is 0 Å². The smallest absolute Gasteiger partial charge is 0.0645 e. The first-order valence-electron chi connectivity index (χ1n) is 6.92. The fourth-order valence-electron chi connectivity index (χ4n) is 1.48. The maximum Gasteiger partial charge on any atom is 0.0645 e. The Hall–Kier alpha value is -0.0800. The average Bonchev–Trinajstić information content (AvgIpc) is 2.17. The lowest BCUT2D eigenvalue weighted by Gasteiger charge is -2.37. The van der Waals surface area contributed by atoms with Gasteiger partial charge in [-0.3, -0.25) is 4.90 Å². The van der Waals surface area contributed by atoms with E-state index in [9.17, 15) is 0 Å². The van der Waals surface area contributed by atoms with Crippen molar-refractivity contribution in [1.82, 2.24) is 4.90 Å². The van der Waals surface area contributed by atoms with Crippen molar-refractivity contribution in [3.05, 3.63) is 0 Å². The van der Waals surface area contributed by atoms with E-state index < -0.39 is 0 Å². The molecule has 104 valence electrons. The van der Waals surface area contributed by atoms with Gasteiger partial charge in [-0.05, 0) is 45.2 Å². The van der Waals surface area contributed by atoms with E-state index >= 15 is 0 Å². The molecular weight excluding hydrogens is 210 g/mol. The molecule has 0 radical (unpaired) electrons. The van der Waals surface area contributed by atoms with Crippen LogP contribution in [0, 0.1) is 11.3 Å². The summed E-state index contributed by atoms with van der Waals surface area (Å²) in [6.45, 7) is 18.6. The lowest BCUT2D eigenvalue weighted by Crippen LogP contribution is -2.46. The summed E-state index contributed by atoms with van der Waals surface area (Å²) in [5.74, 6) is 0.652. The van der Waals surface area contributed by atoms with Gasteiger partial charge in [0.1, 0.15) is 0 Å². The summed E-state index contributed by atoms with van der Waals surface area (Å²) >= 11 is 0. The molecule has 0 bridgehead atoms. The molecule has 0 heterocycles. The van der Waals surface area contributed by atoms with E-state index in [4.69, 9.17) is 4.74 Å². The minimum atomic E-state index is 0.128. The molecule has 2 heteroatoms. The van der Waals surface area contributed by atoms with Gasteiger partial charge < -0.3 is 4.74 Å². The Bertz CT molecular complexity index is 209. The summed E-state index contributed by atoms with van der Waals surface area (Å²) in [6, 6.07) is 0. The van der Waals surface area contributed by atoms with Crippen molar-refractivity contribution in [2.24, 2.45) is 11.3 Å². The molecule has 0 aliphatic carbocycles. The van der Waals surface area contributed by atoms with Gasteiger partial charge >= 0.3 is 0 Å². The molecule has 0 aliphatic rings. The highest BCUT2D eigenvalue weighted by atomic mass is 16.5. The Balaban J connectivity index is 4.11. The zero-order valence-corrected chi connectivity index (χ0v) is 13.3. The first kappa shape index (κ1) is 16.9. The zero-order chi connectivity index (χ0) is 13.7. The second-order valence-electron chi connectivity index (χ2n) is 6.87. The van der Waals surface area contributed by atoms with Gasteiger partial charge in [-0.2, -0.15) is 0 Å². The van der Waals surface area contributed by atoms with E-state index in [0.29, 0.717) is 5.92 Å². The second kappa shape index (κ2) is 6.75. The van der Waals surface area contributed by atoms with Crippen molar-refractivity contribution < 1.29 is 4.74 Å². The van der Waals surface area contributed by atoms with Crippen LogP contribution < -0.4 is 0 Å². The summed E-state index contributed by atoms with van der Waals surface area (Å²) in [5, 5.41) is 0. The molecule has 0 aromatic heterocycles. The highest BCUT2D eigenvalue weighted by Crippen LogP contribution is 2.26. The maximum atomic E-state index is 5.95. The largest absolute Gasteiger partial charge is 0.379 e. The van der Waals surface area contributed by atoms with Gasteiger partial charge in [0.25, 0.3) is 0 Å². The molecule has 0 saturated carbocycles. The third kappa shape index (κ3) is 5.87. The van der Waals surface area contributed by atoms with Crippen LogP contribution in [0.15, 0.2) is 0 Å². The quantitative estimate of drug-likeness (QED) is 0.643. The molecule has 0 aliphatic heterocycles. The minimum absolute atomic E-state index is 0.128. The van der Waals surface area contributed by atoms with Crippen LogP contribution in [0.4, 0.5) is 0 Å². The Kier molecular flexibility index (Phi) is 6.71. The van der Waals surface area contributed by atoms with Gasteiger partial charge in [0.2, 0.25) is 0 Å². The van der Waals surface area contributed by atoms with Crippen molar-refractivity contribution in [2.75, 3.05) is 26.8 Å². The lowest BCUT2D eigenvalue weighted by molar-refractivity contribution is -0.0191. The molecule has 17 heavy (non-hydrogen) atoms. The average molecular weight is 243 g/mol. The van der Waals surface area contributed by atoms with Gasteiger partial charge in [-0.15, -0.1) is 0 Å². The molecule has 0 unspecified atom stereocenters. The van der Waals surface area contributed by atoms with E-state index in [1.54, 1.807) is 0 Å². The van der Waals surface area contributed by atoms with Crippen LogP contribution in [0.3, 0.4) is 0 Å². The van der Waals surface area contributed by atoms with E-state index in [1.807, 2.05) is 0 Å². The highest BCUT2D eigenvalue weighted by molar-refractivity contribution is 4.79. The zero-order valence-electron chi connectivity index (χ0n) is 13.3. The van der Waals surface area contributed by atoms with Crippen molar-refractivity contribution in [3.8, 4) is 0 Å². The molecular formula is C15H33NO. The Morgan fingerprint density at radius 1 is 1.06 bits per heavy atom. The van der Waals surface area contributed by atoms with Crippen molar-refractivity contribution in [3.63, 3.8) is 0 Å². The number of nitrogens with zero attached hydrogens (tertiary/aromatic N) is 1. The SMILES string of the molecule is CCCN(C)C(C)(C)COCC(C)(C)C(C)C. The number of ether oxygens (including phenoxy) is 1. The molecule has 2 nitrogen and oxygen atoms in total. The Labute approximate surface area is 109 Å². The first-order chi connectivity index (χ1) is 7.63. The number of hydrogen-bond donors (Lipinski definition) is 0. The van der Waals surface area contributed by atoms with E-state index in [2.05, 4.69) is 60.4 Å². The molecule has 0 atom stereocenters. The first-order valence-corrected chi connectivity index (χ1v) is 6.92. The van der Waals surface area contributed by atoms with Gasteiger partial charge in [0, 0.05) is 5.54 Å². The minimum Gasteiger partial charge on any atom is -0.379 e. The van der Waals surface area contributed by atoms with Crippen LogP contribution in [0.5, 0.6) is 0 Å². The van der Waals surface area contributed by atoms with Crippen LogP contribution in [-0.4, -0.2) is 37.2 Å². The Morgan fingerprint density at radius 3 is 2.00 bits per heavy atom. The highest BCUT2D eigenvalue weighted by Gasteiger charge is 2.26. The van der Waals surface area contributed by atoms with Crippen LogP contribution in [-0.2, 0) is 4.74 Å². The summed E-state index contributed by atoms with van der Waals surface area (Å²) in [7, 11) is 2.18.